The van der Waals surface area contributed by atoms with Crippen LogP contribution in [0.3, 0.4) is 0 Å². The molecule has 0 amide bonds. The smallest absolute Gasteiger partial charge is 0.0658 e. The molecule has 0 spiro atoms. The van der Waals surface area contributed by atoms with E-state index in [-0.39, 0.29) is 0 Å². The molecule has 6 rings (SSSR count). The maximum absolute atomic E-state index is 4.73. The number of aryl methyl sites for hydroxylation is 2. The molecule has 0 fully saturated rings. The quantitative estimate of drug-likeness (QED) is 0.347. The van der Waals surface area contributed by atoms with Crippen LogP contribution in [0.25, 0.3) is 46.4 Å². The number of nitrogens with one attached hydrogen (secondary N) is 3. The highest BCUT2D eigenvalue weighted by atomic mass is 14.8. The second-order valence-electron chi connectivity index (χ2n) is 7.50. The molecule has 0 atom stereocenters. The van der Waals surface area contributed by atoms with Gasteiger partial charge in [0.05, 0.1) is 33.8 Å². The fourth-order valence-corrected chi connectivity index (χ4v) is 3.91. The van der Waals surface area contributed by atoms with Gasteiger partial charge in [-0.05, 0) is 85.7 Å². The molecule has 3 aromatic heterocycles. The molecule has 3 aliphatic rings. The molecule has 0 unspecified atom stereocenters. The number of fused-ring (bicyclic) bond motifs is 11. The van der Waals surface area contributed by atoms with E-state index in [1.54, 1.807) is 0 Å². The molecule has 3 aliphatic heterocycles. The zero-order chi connectivity index (χ0) is 19.2. The van der Waals surface area contributed by atoms with Crippen molar-refractivity contribution in [2.45, 2.75) is 12.8 Å². The van der Waals surface area contributed by atoms with Gasteiger partial charge in [0.25, 0.3) is 0 Å². The predicted molar refractivity (Wildman–Crippen MR) is 118 cm³/mol. The van der Waals surface area contributed by atoms with Gasteiger partial charge in [-0.3, -0.25) is 0 Å². The maximum atomic E-state index is 4.73. The summed E-state index contributed by atoms with van der Waals surface area (Å²) in [6.45, 7) is 0. The number of aromatic nitrogens is 5. The molecule has 10 bridgehead atoms. The van der Waals surface area contributed by atoms with Crippen LogP contribution in [-0.2, 0) is 12.8 Å². The van der Waals surface area contributed by atoms with Crippen LogP contribution in [0.2, 0.25) is 0 Å². The molecule has 0 saturated heterocycles. The Morgan fingerprint density at radius 3 is 1.45 bits per heavy atom. The van der Waals surface area contributed by atoms with E-state index in [0.29, 0.717) is 0 Å². The van der Waals surface area contributed by atoms with Gasteiger partial charge in [0.1, 0.15) is 0 Å². The van der Waals surface area contributed by atoms with Crippen molar-refractivity contribution in [1.82, 2.24) is 24.9 Å². The zero-order valence-electron chi connectivity index (χ0n) is 15.7. The summed E-state index contributed by atoms with van der Waals surface area (Å²) in [6, 6.07) is 16.7. The Morgan fingerprint density at radius 1 is 0.517 bits per heavy atom. The minimum absolute atomic E-state index is 0.950. The third-order valence-corrected chi connectivity index (χ3v) is 5.31. The lowest BCUT2D eigenvalue weighted by atomic mass is 10.2. The second kappa shape index (κ2) is 6.34. The minimum Gasteiger partial charge on any atom is -0.362 e. The van der Waals surface area contributed by atoms with Gasteiger partial charge in [-0.1, -0.05) is 0 Å². The first kappa shape index (κ1) is 16.1. The van der Waals surface area contributed by atoms with Crippen molar-refractivity contribution in [3.05, 3.63) is 82.7 Å². The van der Waals surface area contributed by atoms with E-state index in [1.165, 1.54) is 11.4 Å². The number of nitrogens with zero attached hydrogens (tertiary/aromatic N) is 2. The molecule has 3 N–H and O–H groups in total. The van der Waals surface area contributed by atoms with E-state index in [0.717, 1.165) is 57.7 Å². The van der Waals surface area contributed by atoms with E-state index in [1.807, 2.05) is 12.2 Å². The molecule has 3 aromatic rings. The molecule has 0 aliphatic carbocycles. The fraction of sp³-hybridized carbons (Fsp3) is 0.0833. The van der Waals surface area contributed by atoms with Crippen LogP contribution in [0.4, 0.5) is 0 Å². The molecule has 6 heterocycles. The first-order valence-corrected chi connectivity index (χ1v) is 9.80. The summed E-state index contributed by atoms with van der Waals surface area (Å²) in [5.41, 5.74) is 10.4. The Balaban J connectivity index is 1.64. The summed E-state index contributed by atoms with van der Waals surface area (Å²) < 4.78 is 0. The lowest BCUT2D eigenvalue weighted by molar-refractivity contribution is 1.02. The standard InChI is InChI=1S/C24H19N5/c1-2-16-12-18-4-6-20(27-18)14-22-8-10-24(29-22)23-9-7-21(28-23)13-19-5-3-17(26-19)11-15(1)25-16/h3-14,25,28-29H,1-2H2. The molecule has 0 saturated carbocycles. The van der Waals surface area contributed by atoms with Crippen molar-refractivity contribution in [3.8, 4) is 0 Å². The Morgan fingerprint density at radius 2 is 0.966 bits per heavy atom. The molecule has 29 heavy (non-hydrogen) atoms. The first-order chi connectivity index (χ1) is 14.3. The number of hydrogen-bond acceptors (Lipinski definition) is 2. The summed E-state index contributed by atoms with van der Waals surface area (Å²) >= 11 is 0. The largest absolute Gasteiger partial charge is 0.362 e. The maximum Gasteiger partial charge on any atom is 0.0658 e. The van der Waals surface area contributed by atoms with Crippen LogP contribution in [0, 0.1) is 0 Å². The molecular weight excluding hydrogens is 358 g/mol. The van der Waals surface area contributed by atoms with Gasteiger partial charge in [0.15, 0.2) is 0 Å². The normalized spacial score (nSPS) is 13.7. The molecule has 140 valence electrons. The van der Waals surface area contributed by atoms with Crippen molar-refractivity contribution >= 4 is 46.4 Å². The van der Waals surface area contributed by atoms with Gasteiger partial charge in [-0.2, -0.15) is 0 Å². The van der Waals surface area contributed by atoms with Crippen LogP contribution >= 0.6 is 0 Å². The number of hydrogen-bond donors (Lipinski definition) is 3. The first-order valence-electron chi connectivity index (χ1n) is 9.80. The Kier molecular flexibility index (Phi) is 3.53. The Hall–Kier alpha value is -3.86. The summed E-state index contributed by atoms with van der Waals surface area (Å²) in [7, 11) is 0. The third kappa shape index (κ3) is 3.17. The van der Waals surface area contributed by atoms with E-state index < -0.39 is 0 Å². The van der Waals surface area contributed by atoms with E-state index in [9.17, 15) is 0 Å². The van der Waals surface area contributed by atoms with Gasteiger partial charge in [0, 0.05) is 22.4 Å². The van der Waals surface area contributed by atoms with Crippen molar-refractivity contribution in [3.63, 3.8) is 0 Å². The average Bonchev–Trinajstić information content (AvgIpc) is 3.50. The molecule has 5 nitrogen and oxygen atoms in total. The zero-order valence-corrected chi connectivity index (χ0v) is 15.7. The summed E-state index contributed by atoms with van der Waals surface area (Å²) in [4.78, 5) is 19.9. The van der Waals surface area contributed by atoms with Gasteiger partial charge in [-0.15, -0.1) is 0 Å². The van der Waals surface area contributed by atoms with Gasteiger partial charge >= 0.3 is 0 Å². The topological polar surface area (TPSA) is 73.2 Å². The van der Waals surface area contributed by atoms with Crippen molar-refractivity contribution < 1.29 is 0 Å². The van der Waals surface area contributed by atoms with E-state index in [4.69, 9.17) is 9.97 Å². The third-order valence-electron chi connectivity index (χ3n) is 5.31. The van der Waals surface area contributed by atoms with Crippen LogP contribution in [0.1, 0.15) is 34.2 Å². The molecule has 0 aromatic carbocycles. The van der Waals surface area contributed by atoms with Crippen molar-refractivity contribution in [2.75, 3.05) is 0 Å². The lowest BCUT2D eigenvalue weighted by Gasteiger charge is -1.87. The highest BCUT2D eigenvalue weighted by molar-refractivity contribution is 5.81. The summed E-state index contributed by atoms with van der Waals surface area (Å²) in [5.74, 6) is 0. The Bertz CT molecular complexity index is 1300. The highest BCUT2D eigenvalue weighted by Crippen LogP contribution is 2.19. The summed E-state index contributed by atoms with van der Waals surface area (Å²) in [6.07, 6.45) is 10.2. The van der Waals surface area contributed by atoms with Gasteiger partial charge in [0.2, 0.25) is 0 Å². The SMILES string of the molecule is C1=Cc2cc3ccc([nH]3)c3ccc(cc4nc(cc5[nH]c(cc1n2)CC5)C=C4)[nH]3. The van der Waals surface area contributed by atoms with Gasteiger partial charge < -0.3 is 15.0 Å². The van der Waals surface area contributed by atoms with Crippen molar-refractivity contribution in [1.29, 1.82) is 0 Å². The number of H-pyrrole nitrogens is 3. The molecule has 5 heteroatoms. The van der Waals surface area contributed by atoms with Crippen LogP contribution in [0.15, 0.2) is 48.5 Å². The second-order valence-corrected chi connectivity index (χ2v) is 7.50. The highest BCUT2D eigenvalue weighted by Gasteiger charge is 2.07. The monoisotopic (exact) mass is 377 g/mol. The Labute approximate surface area is 167 Å². The minimum atomic E-state index is 0.950. The van der Waals surface area contributed by atoms with Gasteiger partial charge in [-0.25, -0.2) is 9.97 Å². The van der Waals surface area contributed by atoms with Crippen LogP contribution in [-0.4, -0.2) is 24.9 Å². The molecule has 0 radical (unpaired) electrons. The predicted octanol–water partition coefficient (Wildman–Crippen LogP) is 5.21. The van der Waals surface area contributed by atoms with Crippen molar-refractivity contribution in [2.24, 2.45) is 0 Å². The van der Waals surface area contributed by atoms with Crippen LogP contribution < -0.4 is 0 Å². The average molecular weight is 377 g/mol. The van der Waals surface area contributed by atoms with Crippen LogP contribution in [0.5, 0.6) is 0 Å². The fourth-order valence-electron chi connectivity index (χ4n) is 3.91. The van der Waals surface area contributed by atoms with E-state index in [2.05, 4.69) is 75.6 Å². The summed E-state index contributed by atoms with van der Waals surface area (Å²) in [5, 5.41) is 0. The number of aromatic amines is 3. The number of rotatable bonds is 0. The molecular formula is C24H19N5. The van der Waals surface area contributed by atoms with E-state index >= 15 is 0 Å². The lowest BCUT2D eigenvalue weighted by Crippen LogP contribution is -1.80.